The summed E-state index contributed by atoms with van der Waals surface area (Å²) in [6, 6.07) is 3.06. The van der Waals surface area contributed by atoms with Gasteiger partial charge in [-0.05, 0) is 18.6 Å². The molecule has 0 spiro atoms. The number of sulfonamides is 1. The first-order valence-electron chi connectivity index (χ1n) is 6.24. The standard InChI is InChI=1S/C12H18N2O5S/c1-3-4-5-8-13(2)20(18,19)10-6-7-12(15)11(9-10)14(16)17/h6-7,9,15H,3-5,8H2,1-2H3. The number of hydrogen-bond acceptors (Lipinski definition) is 5. The van der Waals surface area contributed by atoms with E-state index in [4.69, 9.17) is 0 Å². The molecule has 1 rings (SSSR count). The van der Waals surface area contributed by atoms with E-state index in [1.165, 1.54) is 11.4 Å². The van der Waals surface area contributed by atoms with E-state index in [0.29, 0.717) is 6.54 Å². The molecule has 0 aromatic heterocycles. The van der Waals surface area contributed by atoms with E-state index in [-0.39, 0.29) is 4.90 Å². The number of nitrogens with zero attached hydrogens (tertiary/aromatic N) is 2. The molecular weight excluding hydrogens is 284 g/mol. The maximum absolute atomic E-state index is 12.2. The molecule has 0 saturated heterocycles. The van der Waals surface area contributed by atoms with Crippen LogP contribution >= 0.6 is 0 Å². The Morgan fingerprint density at radius 2 is 2.00 bits per heavy atom. The number of rotatable bonds is 7. The molecule has 20 heavy (non-hydrogen) atoms. The van der Waals surface area contributed by atoms with Crippen molar-refractivity contribution in [2.45, 2.75) is 31.1 Å². The fraction of sp³-hybridized carbons (Fsp3) is 0.500. The maximum atomic E-state index is 12.2. The fourth-order valence-electron chi connectivity index (χ4n) is 1.69. The van der Waals surface area contributed by atoms with Crippen LogP contribution in [0.25, 0.3) is 0 Å². The van der Waals surface area contributed by atoms with Gasteiger partial charge in [0.1, 0.15) is 0 Å². The lowest BCUT2D eigenvalue weighted by molar-refractivity contribution is -0.386. The van der Waals surface area contributed by atoms with Crippen molar-refractivity contribution in [1.29, 1.82) is 0 Å². The lowest BCUT2D eigenvalue weighted by Gasteiger charge is -2.16. The number of phenolic OH excluding ortho intramolecular Hbond substituents is 1. The van der Waals surface area contributed by atoms with Crippen LogP contribution in [0.5, 0.6) is 5.75 Å². The lowest BCUT2D eigenvalue weighted by Crippen LogP contribution is -2.28. The highest BCUT2D eigenvalue weighted by Crippen LogP contribution is 2.29. The molecule has 1 aromatic rings. The van der Waals surface area contributed by atoms with Gasteiger partial charge >= 0.3 is 5.69 Å². The molecule has 0 aliphatic rings. The Labute approximate surface area is 118 Å². The summed E-state index contributed by atoms with van der Waals surface area (Å²) in [5.74, 6) is -0.553. The summed E-state index contributed by atoms with van der Waals surface area (Å²) in [5.41, 5.74) is -0.618. The minimum Gasteiger partial charge on any atom is -0.502 e. The van der Waals surface area contributed by atoms with Gasteiger partial charge in [-0.1, -0.05) is 19.8 Å². The highest BCUT2D eigenvalue weighted by atomic mass is 32.2. The Hall–Kier alpha value is -1.67. The minimum atomic E-state index is -3.77. The fourth-order valence-corrected chi connectivity index (χ4v) is 2.92. The molecule has 0 fully saturated rings. The summed E-state index contributed by atoms with van der Waals surface area (Å²) in [6.07, 6.45) is 2.61. The highest BCUT2D eigenvalue weighted by molar-refractivity contribution is 7.89. The third kappa shape index (κ3) is 3.67. The van der Waals surface area contributed by atoms with Gasteiger partial charge in [0, 0.05) is 19.7 Å². The predicted molar refractivity (Wildman–Crippen MR) is 74.1 cm³/mol. The normalized spacial score (nSPS) is 11.8. The molecule has 7 nitrogen and oxygen atoms in total. The smallest absolute Gasteiger partial charge is 0.312 e. The van der Waals surface area contributed by atoms with Gasteiger partial charge in [0.2, 0.25) is 10.0 Å². The molecule has 112 valence electrons. The Kier molecular flexibility index (Phi) is 5.46. The number of benzene rings is 1. The lowest BCUT2D eigenvalue weighted by atomic mass is 10.2. The molecule has 0 unspecified atom stereocenters. The number of hydrogen-bond donors (Lipinski definition) is 1. The molecule has 0 atom stereocenters. The Morgan fingerprint density at radius 3 is 2.55 bits per heavy atom. The SMILES string of the molecule is CCCCCN(C)S(=O)(=O)c1ccc(O)c([N+](=O)[O-])c1. The van der Waals surface area contributed by atoms with Crippen LogP contribution in [0, 0.1) is 10.1 Å². The van der Waals surface area contributed by atoms with E-state index in [9.17, 15) is 23.6 Å². The van der Waals surface area contributed by atoms with Crippen LogP contribution in [-0.2, 0) is 10.0 Å². The summed E-state index contributed by atoms with van der Waals surface area (Å²) < 4.78 is 25.6. The highest BCUT2D eigenvalue weighted by Gasteiger charge is 2.24. The van der Waals surface area contributed by atoms with Gasteiger partial charge in [-0.25, -0.2) is 12.7 Å². The number of aromatic hydroxyl groups is 1. The van der Waals surface area contributed by atoms with Crippen molar-refractivity contribution in [2.75, 3.05) is 13.6 Å². The average Bonchev–Trinajstić information content (AvgIpc) is 2.38. The first-order chi connectivity index (χ1) is 9.30. The van der Waals surface area contributed by atoms with E-state index in [0.717, 1.165) is 37.5 Å². The number of unbranched alkanes of at least 4 members (excludes halogenated alkanes) is 2. The van der Waals surface area contributed by atoms with Crippen LogP contribution in [0.2, 0.25) is 0 Å². The molecule has 0 aliphatic carbocycles. The topological polar surface area (TPSA) is 101 Å². The van der Waals surface area contributed by atoms with Crippen LogP contribution in [0.4, 0.5) is 5.69 Å². The van der Waals surface area contributed by atoms with Crippen LogP contribution in [-0.4, -0.2) is 36.3 Å². The predicted octanol–water partition coefficient (Wildman–Crippen LogP) is 2.11. The number of phenols is 1. The summed E-state index contributed by atoms with van der Waals surface area (Å²) in [5, 5.41) is 20.1. The van der Waals surface area contributed by atoms with Crippen molar-refractivity contribution in [1.82, 2.24) is 4.31 Å². The summed E-state index contributed by atoms with van der Waals surface area (Å²) in [4.78, 5) is 9.71. The zero-order valence-corrected chi connectivity index (χ0v) is 12.3. The first kappa shape index (κ1) is 16.4. The Bertz CT molecular complexity index is 586. The second kappa shape index (κ2) is 6.67. The molecular formula is C12H18N2O5S. The van der Waals surface area contributed by atoms with Gasteiger partial charge in [0.05, 0.1) is 9.82 Å². The van der Waals surface area contributed by atoms with Gasteiger partial charge in [-0.3, -0.25) is 10.1 Å². The number of nitro groups is 1. The Morgan fingerprint density at radius 1 is 1.35 bits per heavy atom. The van der Waals surface area contributed by atoms with Crippen LogP contribution in [0.15, 0.2) is 23.1 Å². The molecule has 0 aliphatic heterocycles. The second-order valence-corrected chi connectivity index (χ2v) is 6.49. The summed E-state index contributed by atoms with van der Waals surface area (Å²) >= 11 is 0. The van der Waals surface area contributed by atoms with E-state index in [2.05, 4.69) is 0 Å². The third-order valence-electron chi connectivity index (χ3n) is 2.93. The van der Waals surface area contributed by atoms with E-state index >= 15 is 0 Å². The average molecular weight is 302 g/mol. The van der Waals surface area contributed by atoms with Gasteiger partial charge in [-0.2, -0.15) is 0 Å². The second-order valence-electron chi connectivity index (χ2n) is 4.44. The largest absolute Gasteiger partial charge is 0.502 e. The van der Waals surface area contributed by atoms with Gasteiger partial charge in [-0.15, -0.1) is 0 Å². The van der Waals surface area contributed by atoms with E-state index in [1.807, 2.05) is 6.92 Å². The van der Waals surface area contributed by atoms with Crippen molar-refractivity contribution < 1.29 is 18.4 Å². The van der Waals surface area contributed by atoms with Crippen molar-refractivity contribution >= 4 is 15.7 Å². The van der Waals surface area contributed by atoms with E-state index in [1.54, 1.807) is 0 Å². The zero-order valence-electron chi connectivity index (χ0n) is 11.4. The first-order valence-corrected chi connectivity index (χ1v) is 7.68. The minimum absolute atomic E-state index is 0.194. The summed E-state index contributed by atoms with van der Waals surface area (Å²) in [6.45, 7) is 2.36. The van der Waals surface area contributed by atoms with Crippen molar-refractivity contribution in [3.8, 4) is 5.75 Å². The number of nitro benzene ring substituents is 1. The van der Waals surface area contributed by atoms with Crippen molar-refractivity contribution in [3.63, 3.8) is 0 Å². The monoisotopic (exact) mass is 302 g/mol. The quantitative estimate of drug-likeness (QED) is 0.472. The summed E-state index contributed by atoms with van der Waals surface area (Å²) in [7, 11) is -2.34. The molecule has 0 heterocycles. The molecule has 0 saturated carbocycles. The van der Waals surface area contributed by atoms with Gasteiger partial charge < -0.3 is 5.11 Å². The van der Waals surface area contributed by atoms with Crippen LogP contribution < -0.4 is 0 Å². The molecule has 8 heteroatoms. The van der Waals surface area contributed by atoms with Crippen LogP contribution in [0.1, 0.15) is 26.2 Å². The van der Waals surface area contributed by atoms with Gasteiger partial charge in [0.25, 0.3) is 0 Å². The molecule has 1 aromatic carbocycles. The third-order valence-corrected chi connectivity index (χ3v) is 4.78. The van der Waals surface area contributed by atoms with E-state index < -0.39 is 26.4 Å². The van der Waals surface area contributed by atoms with Crippen molar-refractivity contribution in [2.24, 2.45) is 0 Å². The molecule has 0 bridgehead atoms. The molecule has 0 radical (unpaired) electrons. The van der Waals surface area contributed by atoms with Gasteiger partial charge in [0.15, 0.2) is 5.75 Å². The molecule has 0 amide bonds. The Balaban J connectivity index is 3.03. The zero-order chi connectivity index (χ0) is 15.3. The van der Waals surface area contributed by atoms with Crippen LogP contribution in [0.3, 0.4) is 0 Å². The van der Waals surface area contributed by atoms with Crippen molar-refractivity contribution in [3.05, 3.63) is 28.3 Å². The molecule has 1 N–H and O–H groups in total. The maximum Gasteiger partial charge on any atom is 0.312 e.